The molecule has 0 spiro atoms. The maximum absolute atomic E-state index is 10.9. The average molecular weight is 399 g/mol. The summed E-state index contributed by atoms with van der Waals surface area (Å²) in [4.78, 5) is 19.2. The highest BCUT2D eigenvalue weighted by atomic mass is 16.1. The van der Waals surface area contributed by atoms with Gasteiger partial charge in [0, 0.05) is 32.1 Å². The van der Waals surface area contributed by atoms with Crippen LogP contribution in [0.2, 0.25) is 0 Å². The lowest BCUT2D eigenvalue weighted by atomic mass is 9.96. The van der Waals surface area contributed by atoms with Gasteiger partial charge in [0.1, 0.15) is 5.82 Å². The van der Waals surface area contributed by atoms with E-state index in [4.69, 9.17) is 4.98 Å². The van der Waals surface area contributed by atoms with Crippen molar-refractivity contribution in [1.29, 1.82) is 0 Å². The summed E-state index contributed by atoms with van der Waals surface area (Å²) in [5, 5.41) is 6.13. The molecule has 4 aromatic rings. The molecule has 5 heteroatoms. The lowest BCUT2D eigenvalue weighted by Crippen LogP contribution is -2.29. The van der Waals surface area contributed by atoms with Gasteiger partial charge in [-0.1, -0.05) is 54.6 Å². The summed E-state index contributed by atoms with van der Waals surface area (Å²) in [6, 6.07) is 23.1. The van der Waals surface area contributed by atoms with E-state index >= 15 is 0 Å². The highest BCUT2D eigenvalue weighted by molar-refractivity contribution is 5.83. The standard InChI is InChI=1S/C25H26N4O/c1-17-21(20-7-4-3-5-8-20)9-6-10-22(17)25-28-23-12-11-19(15-24(23)29-25)16-26-13-14-27-18(2)30/h3-12,15,26H,13-14,16H2,1-2H3,(H,27,30)(H,28,29). The number of carbonyl (C=O) groups is 1. The third-order valence-electron chi connectivity index (χ3n) is 5.22. The SMILES string of the molecule is CC(=O)NCCNCc1ccc2nc(-c3cccc(-c4ccccc4)c3C)[nH]c2c1. The molecule has 0 radical (unpaired) electrons. The molecule has 1 aromatic heterocycles. The van der Waals surface area contributed by atoms with Gasteiger partial charge < -0.3 is 15.6 Å². The fourth-order valence-electron chi connectivity index (χ4n) is 3.68. The van der Waals surface area contributed by atoms with Crippen molar-refractivity contribution in [3.63, 3.8) is 0 Å². The van der Waals surface area contributed by atoms with Gasteiger partial charge in [0.05, 0.1) is 11.0 Å². The minimum atomic E-state index is -0.00478. The smallest absolute Gasteiger partial charge is 0.216 e. The molecule has 4 rings (SSSR count). The first kappa shape index (κ1) is 19.9. The first-order valence-electron chi connectivity index (χ1n) is 10.2. The number of imidazole rings is 1. The van der Waals surface area contributed by atoms with Gasteiger partial charge in [-0.25, -0.2) is 4.98 Å². The molecule has 1 heterocycles. The maximum atomic E-state index is 10.9. The Morgan fingerprint density at radius 2 is 1.77 bits per heavy atom. The van der Waals surface area contributed by atoms with Gasteiger partial charge in [-0.2, -0.15) is 0 Å². The fraction of sp³-hybridized carbons (Fsp3) is 0.200. The van der Waals surface area contributed by atoms with E-state index in [1.807, 2.05) is 6.07 Å². The van der Waals surface area contributed by atoms with E-state index in [0.717, 1.165) is 35.5 Å². The van der Waals surface area contributed by atoms with Gasteiger partial charge in [0.2, 0.25) is 5.91 Å². The van der Waals surface area contributed by atoms with E-state index in [2.05, 4.69) is 83.2 Å². The highest BCUT2D eigenvalue weighted by Crippen LogP contribution is 2.31. The molecular weight excluding hydrogens is 372 g/mol. The Hall–Kier alpha value is -3.44. The topological polar surface area (TPSA) is 69.8 Å². The zero-order chi connectivity index (χ0) is 20.9. The van der Waals surface area contributed by atoms with Crippen molar-refractivity contribution in [2.24, 2.45) is 0 Å². The number of nitrogens with one attached hydrogen (secondary N) is 3. The molecule has 0 bridgehead atoms. The Morgan fingerprint density at radius 3 is 2.57 bits per heavy atom. The maximum Gasteiger partial charge on any atom is 0.216 e. The van der Waals surface area contributed by atoms with E-state index in [1.54, 1.807) is 0 Å². The molecule has 1 amide bonds. The van der Waals surface area contributed by atoms with Gasteiger partial charge in [-0.3, -0.25) is 4.79 Å². The average Bonchev–Trinajstić information content (AvgIpc) is 3.17. The number of aromatic nitrogens is 2. The lowest BCUT2D eigenvalue weighted by Gasteiger charge is -2.10. The number of hydrogen-bond donors (Lipinski definition) is 3. The van der Waals surface area contributed by atoms with Gasteiger partial charge in [0.25, 0.3) is 0 Å². The monoisotopic (exact) mass is 398 g/mol. The summed E-state index contributed by atoms with van der Waals surface area (Å²) in [6.07, 6.45) is 0. The molecule has 0 atom stereocenters. The summed E-state index contributed by atoms with van der Waals surface area (Å²) in [7, 11) is 0. The molecular formula is C25H26N4O. The zero-order valence-corrected chi connectivity index (χ0v) is 17.3. The van der Waals surface area contributed by atoms with Crippen molar-refractivity contribution in [3.8, 4) is 22.5 Å². The second-order valence-corrected chi connectivity index (χ2v) is 7.44. The Labute approximate surface area is 176 Å². The van der Waals surface area contributed by atoms with Crippen LogP contribution in [0.25, 0.3) is 33.5 Å². The molecule has 0 fully saturated rings. The van der Waals surface area contributed by atoms with Crippen molar-refractivity contribution in [1.82, 2.24) is 20.6 Å². The normalized spacial score (nSPS) is 11.0. The van der Waals surface area contributed by atoms with E-state index in [0.29, 0.717) is 6.54 Å². The number of hydrogen-bond acceptors (Lipinski definition) is 3. The highest BCUT2D eigenvalue weighted by Gasteiger charge is 2.12. The molecule has 5 nitrogen and oxygen atoms in total. The fourth-order valence-corrected chi connectivity index (χ4v) is 3.68. The number of amides is 1. The third kappa shape index (κ3) is 4.42. The molecule has 0 unspecified atom stereocenters. The number of nitrogens with zero attached hydrogens (tertiary/aromatic N) is 1. The minimum Gasteiger partial charge on any atom is -0.355 e. The molecule has 3 N–H and O–H groups in total. The van der Waals surface area contributed by atoms with E-state index in [9.17, 15) is 4.79 Å². The van der Waals surface area contributed by atoms with Crippen LogP contribution >= 0.6 is 0 Å². The Kier molecular flexibility index (Phi) is 5.91. The van der Waals surface area contributed by atoms with E-state index in [-0.39, 0.29) is 5.91 Å². The summed E-state index contributed by atoms with van der Waals surface area (Å²) in [5.41, 5.74) is 7.91. The molecule has 152 valence electrons. The Morgan fingerprint density at radius 1 is 0.967 bits per heavy atom. The van der Waals surface area contributed by atoms with Crippen LogP contribution in [0.4, 0.5) is 0 Å². The Bertz CT molecular complexity index is 1160. The molecule has 0 saturated heterocycles. The third-order valence-corrected chi connectivity index (χ3v) is 5.22. The van der Waals surface area contributed by atoms with Gasteiger partial charge in [-0.15, -0.1) is 0 Å². The van der Waals surface area contributed by atoms with Crippen LogP contribution in [0.1, 0.15) is 18.1 Å². The second-order valence-electron chi connectivity index (χ2n) is 7.44. The summed E-state index contributed by atoms with van der Waals surface area (Å²) in [5.74, 6) is 0.880. The van der Waals surface area contributed by atoms with Crippen LogP contribution in [0.5, 0.6) is 0 Å². The van der Waals surface area contributed by atoms with Gasteiger partial charge >= 0.3 is 0 Å². The Balaban J connectivity index is 1.55. The number of fused-ring (bicyclic) bond motifs is 1. The van der Waals surface area contributed by atoms with Crippen LogP contribution in [0.15, 0.2) is 66.7 Å². The molecule has 3 aromatic carbocycles. The van der Waals surface area contributed by atoms with Gasteiger partial charge in [-0.05, 0) is 41.3 Å². The van der Waals surface area contributed by atoms with Crippen molar-refractivity contribution in [2.45, 2.75) is 20.4 Å². The molecule has 0 aliphatic rings. The number of carbonyl (C=O) groups excluding carboxylic acids is 1. The van der Waals surface area contributed by atoms with Crippen LogP contribution in [-0.4, -0.2) is 29.0 Å². The quantitative estimate of drug-likeness (QED) is 0.403. The van der Waals surface area contributed by atoms with E-state index in [1.165, 1.54) is 29.2 Å². The molecule has 0 aliphatic carbocycles. The largest absolute Gasteiger partial charge is 0.355 e. The summed E-state index contributed by atoms with van der Waals surface area (Å²) < 4.78 is 0. The van der Waals surface area contributed by atoms with E-state index < -0.39 is 0 Å². The van der Waals surface area contributed by atoms with Crippen molar-refractivity contribution in [2.75, 3.05) is 13.1 Å². The number of aromatic amines is 1. The summed E-state index contributed by atoms with van der Waals surface area (Å²) >= 11 is 0. The summed E-state index contributed by atoms with van der Waals surface area (Å²) in [6.45, 7) is 5.78. The lowest BCUT2D eigenvalue weighted by molar-refractivity contribution is -0.118. The minimum absolute atomic E-state index is 0.00478. The van der Waals surface area contributed by atoms with Crippen molar-refractivity contribution < 1.29 is 4.79 Å². The molecule has 0 saturated carbocycles. The second kappa shape index (κ2) is 8.93. The predicted octanol–water partition coefficient (Wildman–Crippen LogP) is 4.43. The van der Waals surface area contributed by atoms with Gasteiger partial charge in [0.15, 0.2) is 0 Å². The van der Waals surface area contributed by atoms with Crippen LogP contribution in [0, 0.1) is 6.92 Å². The molecule has 0 aliphatic heterocycles. The number of benzene rings is 3. The van der Waals surface area contributed by atoms with Crippen LogP contribution < -0.4 is 10.6 Å². The first-order valence-corrected chi connectivity index (χ1v) is 10.2. The molecule has 30 heavy (non-hydrogen) atoms. The number of H-pyrrole nitrogens is 1. The van der Waals surface area contributed by atoms with Crippen LogP contribution in [0.3, 0.4) is 0 Å². The first-order chi connectivity index (χ1) is 14.6. The van der Waals surface area contributed by atoms with Crippen molar-refractivity contribution in [3.05, 3.63) is 77.9 Å². The zero-order valence-electron chi connectivity index (χ0n) is 17.3. The van der Waals surface area contributed by atoms with Crippen LogP contribution in [-0.2, 0) is 11.3 Å². The number of rotatable bonds is 7. The predicted molar refractivity (Wildman–Crippen MR) is 122 cm³/mol. The van der Waals surface area contributed by atoms with Crippen molar-refractivity contribution >= 4 is 16.9 Å².